The van der Waals surface area contributed by atoms with Crippen molar-refractivity contribution in [3.8, 4) is 5.75 Å². The summed E-state index contributed by atoms with van der Waals surface area (Å²) in [5, 5.41) is 10.8. The standard InChI is InChI=1S/C23H35NO5/c1-6-11-24(12-7-2)14-20-22(21(25)23(29-20)28-15-17(3)4)27-16-18-9-8-10-19(13-18)26-5/h6-10,13,17,20-23,25H,1-2,11-12,14-16H2,3-5H3/t20-,21-,22+,23?/m1/s1. The third kappa shape index (κ3) is 7.24. The van der Waals surface area contributed by atoms with Crippen LogP contribution in [0.2, 0.25) is 0 Å². The molecule has 1 aliphatic heterocycles. The van der Waals surface area contributed by atoms with Gasteiger partial charge in [-0.25, -0.2) is 0 Å². The van der Waals surface area contributed by atoms with Gasteiger partial charge in [-0.3, -0.25) is 4.90 Å². The first-order valence-electron chi connectivity index (χ1n) is 10.1. The summed E-state index contributed by atoms with van der Waals surface area (Å²) in [7, 11) is 1.63. The third-order valence-corrected chi connectivity index (χ3v) is 4.67. The fourth-order valence-electron chi connectivity index (χ4n) is 3.28. The number of hydrogen-bond donors (Lipinski definition) is 1. The minimum Gasteiger partial charge on any atom is -0.497 e. The van der Waals surface area contributed by atoms with Crippen LogP contribution in [0.25, 0.3) is 0 Å². The highest BCUT2D eigenvalue weighted by molar-refractivity contribution is 5.27. The molecule has 1 unspecified atom stereocenters. The number of aliphatic hydroxyl groups is 1. The van der Waals surface area contributed by atoms with Crippen molar-refractivity contribution in [2.75, 3.05) is 33.4 Å². The lowest BCUT2D eigenvalue weighted by Crippen LogP contribution is -2.42. The van der Waals surface area contributed by atoms with E-state index in [4.69, 9.17) is 18.9 Å². The Morgan fingerprint density at radius 2 is 1.93 bits per heavy atom. The van der Waals surface area contributed by atoms with E-state index in [-0.39, 0.29) is 6.10 Å². The molecule has 162 valence electrons. The van der Waals surface area contributed by atoms with Gasteiger partial charge in [0.2, 0.25) is 0 Å². The van der Waals surface area contributed by atoms with Crippen molar-refractivity contribution < 1.29 is 24.1 Å². The average Bonchev–Trinajstić information content (AvgIpc) is 2.99. The van der Waals surface area contributed by atoms with Crippen molar-refractivity contribution >= 4 is 0 Å². The van der Waals surface area contributed by atoms with E-state index in [0.29, 0.717) is 38.8 Å². The Balaban J connectivity index is 2.08. The largest absolute Gasteiger partial charge is 0.497 e. The van der Waals surface area contributed by atoms with E-state index in [2.05, 4.69) is 31.9 Å². The molecule has 0 radical (unpaired) electrons. The van der Waals surface area contributed by atoms with Crippen molar-refractivity contribution in [3.05, 3.63) is 55.1 Å². The van der Waals surface area contributed by atoms with Gasteiger partial charge in [-0.1, -0.05) is 38.1 Å². The normalized spacial score (nSPS) is 24.2. The summed E-state index contributed by atoms with van der Waals surface area (Å²) in [6.45, 7) is 14.6. The molecule has 6 nitrogen and oxygen atoms in total. The molecule has 1 heterocycles. The molecule has 1 saturated heterocycles. The molecular weight excluding hydrogens is 370 g/mol. The summed E-state index contributed by atoms with van der Waals surface area (Å²) in [5.74, 6) is 1.12. The van der Waals surface area contributed by atoms with Crippen LogP contribution in [0.4, 0.5) is 0 Å². The van der Waals surface area contributed by atoms with Crippen LogP contribution < -0.4 is 4.74 Å². The van der Waals surface area contributed by atoms with Crippen LogP contribution in [0, 0.1) is 5.92 Å². The lowest BCUT2D eigenvalue weighted by atomic mass is 10.1. The number of methoxy groups -OCH3 is 1. The molecular formula is C23H35NO5. The maximum absolute atomic E-state index is 10.8. The smallest absolute Gasteiger partial charge is 0.186 e. The first kappa shape index (κ1) is 23.6. The van der Waals surface area contributed by atoms with Gasteiger partial charge in [0.1, 0.15) is 24.1 Å². The molecule has 0 bridgehead atoms. The molecule has 0 aliphatic carbocycles. The minimum atomic E-state index is -0.862. The topological polar surface area (TPSA) is 60.4 Å². The molecule has 1 fully saturated rings. The summed E-state index contributed by atoms with van der Waals surface area (Å²) in [4.78, 5) is 2.14. The Labute approximate surface area is 174 Å². The Morgan fingerprint density at radius 1 is 1.21 bits per heavy atom. The molecule has 1 aromatic rings. The SMILES string of the molecule is C=CCN(CC=C)C[C@H]1OC(OCC(C)C)[C@H](O)[C@H]1OCc1cccc(OC)c1. The monoisotopic (exact) mass is 405 g/mol. The fraction of sp³-hybridized carbons (Fsp3) is 0.565. The fourth-order valence-corrected chi connectivity index (χ4v) is 3.28. The number of ether oxygens (including phenoxy) is 4. The Kier molecular flexibility index (Phi) is 9.84. The first-order valence-corrected chi connectivity index (χ1v) is 10.1. The first-order chi connectivity index (χ1) is 14.0. The van der Waals surface area contributed by atoms with E-state index in [1.165, 1.54) is 0 Å². The van der Waals surface area contributed by atoms with Crippen LogP contribution in [0.1, 0.15) is 19.4 Å². The highest BCUT2D eigenvalue weighted by atomic mass is 16.7. The Bertz CT molecular complexity index is 625. The van der Waals surface area contributed by atoms with Gasteiger partial charge in [0, 0.05) is 19.6 Å². The highest BCUT2D eigenvalue weighted by Gasteiger charge is 2.45. The predicted molar refractivity (Wildman–Crippen MR) is 114 cm³/mol. The summed E-state index contributed by atoms with van der Waals surface area (Å²) in [6, 6.07) is 7.69. The van der Waals surface area contributed by atoms with Crippen LogP contribution in [-0.2, 0) is 20.8 Å². The Morgan fingerprint density at radius 3 is 2.55 bits per heavy atom. The predicted octanol–water partition coefficient (Wildman–Crippen LogP) is 3.01. The van der Waals surface area contributed by atoms with Gasteiger partial charge in [0.05, 0.1) is 20.3 Å². The maximum atomic E-state index is 10.8. The van der Waals surface area contributed by atoms with Gasteiger partial charge in [0.15, 0.2) is 6.29 Å². The van der Waals surface area contributed by atoms with Gasteiger partial charge >= 0.3 is 0 Å². The van der Waals surface area contributed by atoms with E-state index in [0.717, 1.165) is 11.3 Å². The van der Waals surface area contributed by atoms with E-state index in [1.807, 2.05) is 36.4 Å². The van der Waals surface area contributed by atoms with E-state index in [9.17, 15) is 5.11 Å². The van der Waals surface area contributed by atoms with Crippen molar-refractivity contribution in [1.82, 2.24) is 4.90 Å². The molecule has 4 atom stereocenters. The summed E-state index contributed by atoms with van der Waals surface area (Å²) >= 11 is 0. The summed E-state index contributed by atoms with van der Waals surface area (Å²) in [6.07, 6.45) is 1.29. The molecule has 1 aromatic carbocycles. The van der Waals surface area contributed by atoms with Gasteiger partial charge in [-0.15, -0.1) is 13.2 Å². The molecule has 29 heavy (non-hydrogen) atoms. The van der Waals surface area contributed by atoms with Crippen molar-refractivity contribution in [2.24, 2.45) is 5.92 Å². The van der Waals surface area contributed by atoms with Gasteiger partial charge in [-0.2, -0.15) is 0 Å². The second-order valence-corrected chi connectivity index (χ2v) is 7.68. The second kappa shape index (κ2) is 12.1. The van der Waals surface area contributed by atoms with Crippen molar-refractivity contribution in [3.63, 3.8) is 0 Å². The second-order valence-electron chi connectivity index (χ2n) is 7.68. The number of aliphatic hydroxyl groups excluding tert-OH is 1. The number of hydrogen-bond acceptors (Lipinski definition) is 6. The zero-order valence-corrected chi connectivity index (χ0v) is 17.8. The van der Waals surface area contributed by atoms with E-state index in [1.54, 1.807) is 7.11 Å². The number of benzene rings is 1. The lowest BCUT2D eigenvalue weighted by Gasteiger charge is -2.26. The molecule has 6 heteroatoms. The van der Waals surface area contributed by atoms with Crippen LogP contribution >= 0.6 is 0 Å². The quantitative estimate of drug-likeness (QED) is 0.509. The molecule has 0 amide bonds. The average molecular weight is 406 g/mol. The molecule has 1 N–H and O–H groups in total. The van der Waals surface area contributed by atoms with E-state index < -0.39 is 18.5 Å². The number of nitrogens with zero attached hydrogens (tertiary/aromatic N) is 1. The van der Waals surface area contributed by atoms with Crippen molar-refractivity contribution in [2.45, 2.75) is 45.1 Å². The van der Waals surface area contributed by atoms with Crippen LogP contribution in [-0.4, -0.2) is 68.0 Å². The summed E-state index contributed by atoms with van der Waals surface area (Å²) < 4.78 is 23.2. The highest BCUT2D eigenvalue weighted by Crippen LogP contribution is 2.27. The van der Waals surface area contributed by atoms with Gasteiger partial charge in [-0.05, 0) is 23.6 Å². The van der Waals surface area contributed by atoms with Gasteiger partial charge in [0.25, 0.3) is 0 Å². The lowest BCUT2D eigenvalue weighted by molar-refractivity contribution is -0.171. The molecule has 0 spiro atoms. The molecule has 2 rings (SSSR count). The zero-order valence-electron chi connectivity index (χ0n) is 17.8. The molecule has 0 saturated carbocycles. The summed E-state index contributed by atoms with van der Waals surface area (Å²) in [5.41, 5.74) is 0.968. The van der Waals surface area contributed by atoms with Crippen LogP contribution in [0.5, 0.6) is 5.75 Å². The zero-order chi connectivity index (χ0) is 21.2. The molecule has 1 aliphatic rings. The number of rotatable bonds is 13. The maximum Gasteiger partial charge on any atom is 0.186 e. The van der Waals surface area contributed by atoms with Gasteiger partial charge < -0.3 is 24.1 Å². The van der Waals surface area contributed by atoms with Crippen LogP contribution in [0.15, 0.2) is 49.6 Å². The third-order valence-electron chi connectivity index (χ3n) is 4.67. The van der Waals surface area contributed by atoms with E-state index >= 15 is 0 Å². The minimum absolute atomic E-state index is 0.326. The molecule has 0 aromatic heterocycles. The van der Waals surface area contributed by atoms with Crippen molar-refractivity contribution in [1.29, 1.82) is 0 Å². The van der Waals surface area contributed by atoms with Crippen LogP contribution in [0.3, 0.4) is 0 Å². The Hall–Kier alpha value is -1.70.